The van der Waals surface area contributed by atoms with Crippen LogP contribution in [0.2, 0.25) is 0 Å². The molecule has 2 aliphatic rings. The number of benzene rings is 1. The van der Waals surface area contributed by atoms with Crippen molar-refractivity contribution < 1.29 is 9.90 Å². The number of allylic oxidation sites excluding steroid dienone is 3. The molecule has 0 amide bonds. The van der Waals surface area contributed by atoms with E-state index >= 15 is 0 Å². The second kappa shape index (κ2) is 10.2. The highest BCUT2D eigenvalue weighted by molar-refractivity contribution is 5.91. The first-order valence-electron chi connectivity index (χ1n) is 10.8. The maximum atomic E-state index is 12.3. The van der Waals surface area contributed by atoms with Gasteiger partial charge < -0.3 is 10.0 Å². The van der Waals surface area contributed by atoms with E-state index in [9.17, 15) is 9.90 Å². The molecule has 0 bridgehead atoms. The van der Waals surface area contributed by atoms with Crippen molar-refractivity contribution in [3.63, 3.8) is 0 Å². The molecule has 0 aromatic heterocycles. The van der Waals surface area contributed by atoms with Crippen LogP contribution in [0.5, 0.6) is 0 Å². The number of carbonyl (C=O) groups is 1. The molecule has 0 radical (unpaired) electrons. The molecular weight excluding hydrogens is 346 g/mol. The Morgan fingerprint density at radius 3 is 2.71 bits per heavy atom. The van der Waals surface area contributed by atoms with Crippen molar-refractivity contribution >= 4 is 5.78 Å². The molecule has 0 heterocycles. The lowest BCUT2D eigenvalue weighted by Crippen LogP contribution is -2.17. The van der Waals surface area contributed by atoms with Crippen molar-refractivity contribution in [2.45, 2.75) is 51.0 Å². The minimum absolute atomic E-state index is 0.118. The van der Waals surface area contributed by atoms with Gasteiger partial charge in [0.1, 0.15) is 0 Å². The maximum Gasteiger partial charge on any atom is 0.159 e. The van der Waals surface area contributed by atoms with E-state index < -0.39 is 0 Å². The zero-order valence-corrected chi connectivity index (χ0v) is 17.4. The average molecular weight is 382 g/mol. The van der Waals surface area contributed by atoms with Gasteiger partial charge in [0.25, 0.3) is 0 Å². The molecule has 3 rings (SSSR count). The van der Waals surface area contributed by atoms with Crippen LogP contribution in [0.15, 0.2) is 54.1 Å². The van der Waals surface area contributed by atoms with Crippen molar-refractivity contribution in [3.8, 4) is 0 Å². The zero-order chi connectivity index (χ0) is 19.9. The van der Waals surface area contributed by atoms with Gasteiger partial charge in [-0.25, -0.2) is 0 Å². The molecule has 1 aromatic carbocycles. The molecule has 0 saturated heterocycles. The van der Waals surface area contributed by atoms with Gasteiger partial charge in [-0.3, -0.25) is 4.79 Å². The fourth-order valence-electron chi connectivity index (χ4n) is 4.82. The van der Waals surface area contributed by atoms with Crippen LogP contribution in [0.25, 0.3) is 0 Å². The number of rotatable bonds is 10. The summed E-state index contributed by atoms with van der Waals surface area (Å²) in [5.74, 6) is 1.21. The van der Waals surface area contributed by atoms with E-state index in [-0.39, 0.29) is 17.8 Å². The normalized spacial score (nSPS) is 26.8. The number of hydrogen-bond acceptors (Lipinski definition) is 3. The summed E-state index contributed by atoms with van der Waals surface area (Å²) in [7, 11) is 4.26. The van der Waals surface area contributed by atoms with E-state index in [2.05, 4.69) is 25.1 Å². The van der Waals surface area contributed by atoms with E-state index in [0.29, 0.717) is 18.3 Å². The molecule has 0 aliphatic heterocycles. The quantitative estimate of drug-likeness (QED) is 0.370. The Morgan fingerprint density at radius 1 is 1.18 bits per heavy atom. The second-order valence-corrected chi connectivity index (χ2v) is 8.84. The summed E-state index contributed by atoms with van der Waals surface area (Å²) in [6.07, 6.45) is 13.2. The Labute approximate surface area is 170 Å². The van der Waals surface area contributed by atoms with Crippen LogP contribution in [-0.2, 0) is 11.2 Å². The maximum absolute atomic E-state index is 12.3. The topological polar surface area (TPSA) is 40.5 Å². The summed E-state index contributed by atoms with van der Waals surface area (Å²) >= 11 is 0. The summed E-state index contributed by atoms with van der Waals surface area (Å²) in [6.45, 7) is 1.17. The minimum atomic E-state index is -0.311. The molecule has 1 fully saturated rings. The summed E-state index contributed by atoms with van der Waals surface area (Å²) in [5.41, 5.74) is 2.61. The first-order valence-corrected chi connectivity index (χ1v) is 10.8. The van der Waals surface area contributed by atoms with Gasteiger partial charge in [0.05, 0.1) is 6.10 Å². The van der Waals surface area contributed by atoms with Gasteiger partial charge in [0.15, 0.2) is 5.78 Å². The molecule has 3 nitrogen and oxygen atoms in total. The van der Waals surface area contributed by atoms with Crippen molar-refractivity contribution in [1.29, 1.82) is 0 Å². The van der Waals surface area contributed by atoms with E-state index in [1.165, 1.54) is 32.2 Å². The lowest BCUT2D eigenvalue weighted by atomic mass is 9.88. The predicted molar refractivity (Wildman–Crippen MR) is 115 cm³/mol. The van der Waals surface area contributed by atoms with Crippen LogP contribution in [-0.4, -0.2) is 42.5 Å². The van der Waals surface area contributed by atoms with Gasteiger partial charge in [-0.1, -0.05) is 54.5 Å². The lowest BCUT2D eigenvalue weighted by Gasteiger charge is -2.18. The molecule has 0 spiro atoms. The number of fused-ring (bicyclic) bond motifs is 1. The van der Waals surface area contributed by atoms with Crippen molar-refractivity contribution in [3.05, 3.63) is 59.7 Å². The van der Waals surface area contributed by atoms with Crippen LogP contribution in [0.4, 0.5) is 0 Å². The predicted octanol–water partition coefficient (Wildman–Crippen LogP) is 4.42. The van der Waals surface area contributed by atoms with Gasteiger partial charge in [0, 0.05) is 12.3 Å². The molecule has 0 unspecified atom stereocenters. The Hall–Kier alpha value is -1.71. The Bertz CT molecular complexity index is 692. The van der Waals surface area contributed by atoms with Crippen LogP contribution in [0.3, 0.4) is 0 Å². The smallest absolute Gasteiger partial charge is 0.159 e. The first-order chi connectivity index (χ1) is 13.5. The fourth-order valence-corrected chi connectivity index (χ4v) is 4.82. The number of nitrogens with zero attached hydrogens (tertiary/aromatic N) is 1. The molecule has 1 saturated carbocycles. The number of ketones is 1. The average Bonchev–Trinajstić information content (AvgIpc) is 3.16. The van der Waals surface area contributed by atoms with Crippen molar-refractivity contribution in [2.24, 2.45) is 17.8 Å². The molecule has 3 heteroatoms. The number of hydrogen-bond donors (Lipinski definition) is 1. The SMILES string of the molecule is CN(C)CCCCCC1=C[C@H]2C[C@@H](O)[C@H](/C=C/C(=O)Cc3ccccc3)[C@H]2C1. The van der Waals surface area contributed by atoms with Crippen LogP contribution < -0.4 is 0 Å². The van der Waals surface area contributed by atoms with Crippen molar-refractivity contribution in [1.82, 2.24) is 4.90 Å². The first kappa shape index (κ1) is 21.0. The molecule has 4 atom stereocenters. The molecular formula is C25H35NO2. The molecule has 152 valence electrons. The summed E-state index contributed by atoms with van der Waals surface area (Å²) < 4.78 is 0. The summed E-state index contributed by atoms with van der Waals surface area (Å²) in [6, 6.07) is 9.86. The fraction of sp³-hybridized carbons (Fsp3) is 0.560. The highest BCUT2D eigenvalue weighted by atomic mass is 16.3. The third-order valence-electron chi connectivity index (χ3n) is 6.28. The number of carbonyl (C=O) groups excluding carboxylic acids is 1. The third-order valence-corrected chi connectivity index (χ3v) is 6.28. The van der Waals surface area contributed by atoms with Crippen LogP contribution in [0, 0.1) is 17.8 Å². The Morgan fingerprint density at radius 2 is 1.96 bits per heavy atom. The van der Waals surface area contributed by atoms with Gasteiger partial charge in [-0.15, -0.1) is 0 Å². The van der Waals surface area contributed by atoms with Crippen LogP contribution >= 0.6 is 0 Å². The van der Waals surface area contributed by atoms with E-state index in [0.717, 1.165) is 18.4 Å². The highest BCUT2D eigenvalue weighted by Crippen LogP contribution is 2.48. The monoisotopic (exact) mass is 381 g/mol. The number of unbranched alkanes of at least 4 members (excludes halogenated alkanes) is 2. The Balaban J connectivity index is 1.46. The van der Waals surface area contributed by atoms with Gasteiger partial charge in [0.2, 0.25) is 0 Å². The Kier molecular flexibility index (Phi) is 7.64. The van der Waals surface area contributed by atoms with Crippen molar-refractivity contribution in [2.75, 3.05) is 20.6 Å². The number of aliphatic hydroxyl groups is 1. The largest absolute Gasteiger partial charge is 0.392 e. The highest BCUT2D eigenvalue weighted by Gasteiger charge is 2.43. The van der Waals surface area contributed by atoms with Gasteiger partial charge in [-0.2, -0.15) is 0 Å². The summed E-state index contributed by atoms with van der Waals surface area (Å²) in [4.78, 5) is 14.5. The molecule has 1 N–H and O–H groups in total. The molecule has 1 aromatic rings. The number of aliphatic hydroxyl groups excluding tert-OH is 1. The van der Waals surface area contributed by atoms with E-state index in [1.54, 1.807) is 11.6 Å². The lowest BCUT2D eigenvalue weighted by molar-refractivity contribution is -0.114. The third kappa shape index (κ3) is 5.89. The molecule has 2 aliphatic carbocycles. The minimum Gasteiger partial charge on any atom is -0.392 e. The summed E-state index contributed by atoms with van der Waals surface area (Å²) in [5, 5.41) is 10.5. The standard InChI is InChI=1S/C25H35NO2/c1-26(2)14-8-4-7-11-20-15-21-18-25(28)23(24(21)17-20)13-12-22(27)16-19-9-5-3-6-10-19/h3,5-6,9-10,12-13,15,21,23-25,28H,4,7-8,11,14,16-18H2,1-2H3/b13-12+/t21-,23+,24-,25+/m0/s1. The second-order valence-electron chi connectivity index (χ2n) is 8.84. The zero-order valence-electron chi connectivity index (χ0n) is 17.4. The van der Waals surface area contributed by atoms with E-state index in [1.807, 2.05) is 36.4 Å². The van der Waals surface area contributed by atoms with Gasteiger partial charge in [-0.05, 0) is 76.2 Å². The van der Waals surface area contributed by atoms with Gasteiger partial charge >= 0.3 is 0 Å². The van der Waals surface area contributed by atoms with Crippen LogP contribution in [0.1, 0.15) is 44.1 Å². The molecule has 28 heavy (non-hydrogen) atoms. The van der Waals surface area contributed by atoms with E-state index in [4.69, 9.17) is 0 Å².